The van der Waals surface area contributed by atoms with Gasteiger partial charge in [0.15, 0.2) is 0 Å². The predicted molar refractivity (Wildman–Crippen MR) is 121 cm³/mol. The first-order valence-electron chi connectivity index (χ1n) is 10.8. The van der Waals surface area contributed by atoms with E-state index in [0.29, 0.717) is 0 Å². The first-order chi connectivity index (χ1) is 12.2. The number of nitrogens with one attached hydrogen (secondary N) is 1. The van der Waals surface area contributed by atoms with E-state index in [4.69, 9.17) is 9.47 Å². The summed E-state index contributed by atoms with van der Waals surface area (Å²) >= 11 is 0. The van der Waals surface area contributed by atoms with Gasteiger partial charge >= 0.3 is 0 Å². The summed E-state index contributed by atoms with van der Waals surface area (Å²) < 4.78 is 12.5. The van der Waals surface area contributed by atoms with Crippen LogP contribution in [-0.4, -0.2) is 72.9 Å². The Labute approximate surface area is 166 Å². The van der Waals surface area contributed by atoms with Crippen molar-refractivity contribution in [1.82, 2.24) is 10.2 Å². The van der Waals surface area contributed by atoms with Crippen LogP contribution in [0.4, 0.5) is 0 Å². The van der Waals surface area contributed by atoms with Crippen LogP contribution in [0.5, 0.6) is 0 Å². The molecule has 0 fully saturated rings. The lowest BCUT2D eigenvalue weighted by molar-refractivity contribution is -0.0876. The molecule has 1 atom stereocenters. The molecular weight excluding hydrogens is 356 g/mol. The first kappa shape index (κ1) is 26.3. The minimum atomic E-state index is -1.68. The predicted octanol–water partition coefficient (Wildman–Crippen LogP) is 4.52. The van der Waals surface area contributed by atoms with Crippen molar-refractivity contribution in [3.8, 4) is 0 Å². The molecule has 26 heavy (non-hydrogen) atoms. The minimum absolute atomic E-state index is 0.0713. The molecule has 1 unspecified atom stereocenters. The molecule has 0 saturated carbocycles. The van der Waals surface area contributed by atoms with Crippen LogP contribution in [0.25, 0.3) is 0 Å². The Morgan fingerprint density at radius 1 is 0.846 bits per heavy atom. The summed E-state index contributed by atoms with van der Waals surface area (Å²) in [7, 11) is 1.30. The first-order valence-corrected chi connectivity index (χ1v) is 17.8. The molecule has 0 aromatic heterocycles. The molecule has 0 aromatic rings. The molecule has 6 heteroatoms. The number of ether oxygens (including phenoxy) is 2. The Morgan fingerprint density at radius 3 is 1.85 bits per heavy atom. The fourth-order valence-electron chi connectivity index (χ4n) is 3.80. The highest BCUT2D eigenvalue weighted by molar-refractivity contribution is 7.41. The molecule has 4 nitrogen and oxygen atoms in total. The van der Waals surface area contributed by atoms with Crippen LogP contribution in [-0.2, 0) is 9.47 Å². The molecule has 0 saturated heterocycles. The van der Waals surface area contributed by atoms with E-state index >= 15 is 0 Å². The highest BCUT2D eigenvalue weighted by Gasteiger charge is 2.51. The van der Waals surface area contributed by atoms with Gasteiger partial charge in [0.1, 0.15) is 13.5 Å². The second kappa shape index (κ2) is 14.3. The number of nitrogens with zero attached hydrogens (tertiary/aromatic N) is 1. The zero-order valence-corrected chi connectivity index (χ0v) is 21.1. The zero-order chi connectivity index (χ0) is 20.1. The van der Waals surface area contributed by atoms with Crippen molar-refractivity contribution < 1.29 is 9.47 Å². The van der Waals surface area contributed by atoms with Gasteiger partial charge < -0.3 is 19.7 Å². The molecular formula is C20H48N2O2Si2. The van der Waals surface area contributed by atoms with Gasteiger partial charge in [0.05, 0.1) is 0 Å². The van der Waals surface area contributed by atoms with Crippen molar-refractivity contribution in [2.24, 2.45) is 0 Å². The third kappa shape index (κ3) is 9.46. The van der Waals surface area contributed by atoms with E-state index < -0.39 is 15.2 Å². The summed E-state index contributed by atoms with van der Waals surface area (Å²) in [6, 6.07) is 2.67. The van der Waals surface area contributed by atoms with Crippen LogP contribution in [0.2, 0.25) is 31.7 Å². The molecule has 0 bridgehead atoms. The summed E-state index contributed by atoms with van der Waals surface area (Å²) in [6.07, 6.45) is 5.07. The lowest BCUT2D eigenvalue weighted by Gasteiger charge is -2.47. The average Bonchev–Trinajstić information content (AvgIpc) is 2.54. The van der Waals surface area contributed by atoms with Crippen molar-refractivity contribution >= 4 is 15.2 Å². The van der Waals surface area contributed by atoms with Gasteiger partial charge in [0, 0.05) is 20.8 Å². The van der Waals surface area contributed by atoms with Gasteiger partial charge in [0.2, 0.25) is 0 Å². The van der Waals surface area contributed by atoms with E-state index in [2.05, 4.69) is 64.7 Å². The summed E-state index contributed by atoms with van der Waals surface area (Å²) in [4.78, 5) is 2.31. The SMILES string of the molecule is CCCCNCCC[Si](CCCN(C)C)(C(OCC)OCC)[Si](C)(C)C. The van der Waals surface area contributed by atoms with Gasteiger partial charge in [-0.2, -0.15) is 0 Å². The number of hydrogen-bond donors (Lipinski definition) is 1. The van der Waals surface area contributed by atoms with Crippen LogP contribution in [0, 0.1) is 0 Å². The van der Waals surface area contributed by atoms with E-state index in [1.807, 2.05) is 0 Å². The van der Waals surface area contributed by atoms with Gasteiger partial charge in [0.25, 0.3) is 0 Å². The third-order valence-electron chi connectivity index (χ3n) is 5.49. The zero-order valence-electron chi connectivity index (χ0n) is 19.1. The molecule has 0 aliphatic heterocycles. The molecule has 0 heterocycles. The molecule has 0 aliphatic carbocycles. The van der Waals surface area contributed by atoms with Crippen LogP contribution in [0.3, 0.4) is 0 Å². The maximum atomic E-state index is 6.27. The molecule has 0 amide bonds. The Bertz CT molecular complexity index is 332. The van der Waals surface area contributed by atoms with E-state index in [1.165, 1.54) is 44.3 Å². The number of hydrogen-bond acceptors (Lipinski definition) is 4. The van der Waals surface area contributed by atoms with Crippen molar-refractivity contribution in [3.05, 3.63) is 0 Å². The molecule has 0 rings (SSSR count). The molecule has 0 aromatic carbocycles. The van der Waals surface area contributed by atoms with E-state index in [0.717, 1.165) is 26.3 Å². The lowest BCUT2D eigenvalue weighted by atomic mass is 10.3. The van der Waals surface area contributed by atoms with E-state index in [1.54, 1.807) is 0 Å². The minimum Gasteiger partial charge on any atom is -0.357 e. The monoisotopic (exact) mass is 404 g/mol. The third-order valence-corrected chi connectivity index (χ3v) is 23.4. The van der Waals surface area contributed by atoms with Crippen LogP contribution in [0.15, 0.2) is 0 Å². The van der Waals surface area contributed by atoms with Crippen LogP contribution < -0.4 is 5.32 Å². The highest BCUT2D eigenvalue weighted by atomic mass is 29.3. The summed E-state index contributed by atoms with van der Waals surface area (Å²) in [5, 5.41) is 3.64. The normalized spacial score (nSPS) is 15.0. The second-order valence-electron chi connectivity index (χ2n) is 8.76. The highest BCUT2D eigenvalue weighted by Crippen LogP contribution is 2.35. The van der Waals surface area contributed by atoms with Crippen molar-refractivity contribution in [3.63, 3.8) is 0 Å². The lowest BCUT2D eigenvalue weighted by Crippen LogP contribution is -2.66. The largest absolute Gasteiger partial charge is 0.357 e. The fourth-order valence-corrected chi connectivity index (χ4v) is 17.5. The molecule has 0 spiro atoms. The molecule has 0 radical (unpaired) electrons. The van der Waals surface area contributed by atoms with Gasteiger partial charge in [-0.15, -0.1) is 0 Å². The summed E-state index contributed by atoms with van der Waals surface area (Å²) in [6.45, 7) is 19.1. The Morgan fingerprint density at radius 2 is 1.38 bits per heavy atom. The summed E-state index contributed by atoms with van der Waals surface area (Å²) in [5.74, 6) is 0.0713. The van der Waals surface area contributed by atoms with Crippen molar-refractivity contribution in [1.29, 1.82) is 0 Å². The van der Waals surface area contributed by atoms with Crippen molar-refractivity contribution in [2.75, 3.05) is 46.9 Å². The molecule has 1 N–H and O–H groups in total. The quantitative estimate of drug-likeness (QED) is 0.219. The Balaban J connectivity index is 5.23. The van der Waals surface area contributed by atoms with Crippen LogP contribution >= 0.6 is 0 Å². The Hall–Kier alpha value is 0.274. The fraction of sp³-hybridized carbons (Fsp3) is 1.00. The molecule has 158 valence electrons. The maximum Gasteiger partial charge on any atom is 0.139 e. The smallest absolute Gasteiger partial charge is 0.139 e. The van der Waals surface area contributed by atoms with Crippen molar-refractivity contribution in [2.45, 2.75) is 84.1 Å². The van der Waals surface area contributed by atoms with Crippen LogP contribution in [0.1, 0.15) is 46.5 Å². The number of rotatable bonds is 17. The number of unbranched alkanes of at least 4 members (excludes halogenated alkanes) is 1. The van der Waals surface area contributed by atoms with E-state index in [-0.39, 0.29) is 5.91 Å². The van der Waals surface area contributed by atoms with Gasteiger partial charge in [-0.05, 0) is 66.8 Å². The summed E-state index contributed by atoms with van der Waals surface area (Å²) in [5.41, 5.74) is 0. The maximum absolute atomic E-state index is 6.27. The Kier molecular flexibility index (Phi) is 14.4. The van der Waals surface area contributed by atoms with Gasteiger partial charge in [-0.3, -0.25) is 0 Å². The van der Waals surface area contributed by atoms with Gasteiger partial charge in [-0.1, -0.05) is 45.1 Å². The second-order valence-corrected chi connectivity index (χ2v) is 24.5. The molecule has 0 aliphatic rings. The van der Waals surface area contributed by atoms with E-state index in [9.17, 15) is 0 Å². The topological polar surface area (TPSA) is 33.7 Å². The average molecular weight is 405 g/mol. The van der Waals surface area contributed by atoms with Gasteiger partial charge in [-0.25, -0.2) is 0 Å². The standard InChI is InChI=1S/C20H48N2O2Si2/c1-9-12-15-21-16-13-18-26(25(6,7)8,19-14-17-22(4)5)20(23-10-2)24-11-3/h20-21H,9-19H2,1-8H3.